The van der Waals surface area contributed by atoms with Crippen molar-refractivity contribution in [2.24, 2.45) is 4.99 Å². The Kier molecular flexibility index (Phi) is 6.46. The molecule has 0 bridgehead atoms. The van der Waals surface area contributed by atoms with Crippen LogP contribution in [0.25, 0.3) is 0 Å². The number of benzene rings is 3. The summed E-state index contributed by atoms with van der Waals surface area (Å²) in [4.78, 5) is 16.9. The number of fused-ring (bicyclic) bond motifs is 1. The highest BCUT2D eigenvalue weighted by molar-refractivity contribution is 7.92. The molecule has 0 saturated carbocycles. The molecular formula is C26H24F2N2O4S. The highest BCUT2D eigenvalue weighted by Gasteiger charge is 2.29. The van der Waals surface area contributed by atoms with Crippen molar-refractivity contribution < 1.29 is 26.7 Å². The van der Waals surface area contributed by atoms with Crippen molar-refractivity contribution in [1.82, 2.24) is 0 Å². The summed E-state index contributed by atoms with van der Waals surface area (Å²) >= 11 is 0. The van der Waals surface area contributed by atoms with E-state index in [2.05, 4.69) is 4.72 Å². The summed E-state index contributed by atoms with van der Waals surface area (Å²) < 4.78 is 60.7. The van der Waals surface area contributed by atoms with Crippen LogP contribution in [0.5, 0.6) is 5.75 Å². The molecule has 0 aliphatic carbocycles. The Morgan fingerprint density at radius 1 is 1.06 bits per heavy atom. The molecular weight excluding hydrogens is 474 g/mol. The predicted molar refractivity (Wildman–Crippen MR) is 130 cm³/mol. The maximum absolute atomic E-state index is 14.0. The van der Waals surface area contributed by atoms with E-state index in [4.69, 9.17) is 9.73 Å². The highest BCUT2D eigenvalue weighted by Crippen LogP contribution is 2.31. The quantitative estimate of drug-likeness (QED) is 0.456. The lowest BCUT2D eigenvalue weighted by atomic mass is 9.85. The van der Waals surface area contributed by atoms with Crippen LogP contribution in [0.1, 0.15) is 41.8 Å². The fraction of sp³-hybridized carbons (Fsp3) is 0.231. The predicted octanol–water partition coefficient (Wildman–Crippen LogP) is 5.17. The molecule has 0 radical (unpaired) electrons. The van der Waals surface area contributed by atoms with Gasteiger partial charge in [0.1, 0.15) is 17.4 Å². The van der Waals surface area contributed by atoms with Crippen LogP contribution in [-0.4, -0.2) is 32.6 Å². The molecule has 0 saturated heterocycles. The Morgan fingerprint density at radius 3 is 2.43 bits per heavy atom. The first-order chi connectivity index (χ1) is 16.5. The normalized spacial score (nSPS) is 14.6. The number of hydrogen-bond acceptors (Lipinski definition) is 5. The maximum atomic E-state index is 14.0. The monoisotopic (exact) mass is 498 g/mol. The lowest BCUT2D eigenvalue weighted by Gasteiger charge is -2.29. The van der Waals surface area contributed by atoms with Gasteiger partial charge in [0.05, 0.1) is 24.8 Å². The Labute approximate surface area is 202 Å². The summed E-state index contributed by atoms with van der Waals surface area (Å²) in [5.74, 6) is -2.05. The van der Waals surface area contributed by atoms with Crippen LogP contribution in [0.15, 0.2) is 70.6 Å². The summed E-state index contributed by atoms with van der Waals surface area (Å²) in [5, 5.41) is 0. The van der Waals surface area contributed by atoms with Crippen LogP contribution in [-0.2, 0) is 16.4 Å². The summed E-state index contributed by atoms with van der Waals surface area (Å²) in [7, 11) is -2.99. The Bertz CT molecular complexity index is 1430. The fourth-order valence-corrected chi connectivity index (χ4v) is 5.32. The standard InChI is InChI=1S/C26H24F2N2O4S/c1-26(2)15-17-10-11-19(34-3)13-20(17)23(29-26)14-24(31)16-6-4-7-18(12-16)30-35(32,33)25-21(27)8-5-9-22(25)28/h4-13,30H,14-15H2,1-3H3. The lowest BCUT2D eigenvalue weighted by molar-refractivity contribution is 0.100. The molecule has 35 heavy (non-hydrogen) atoms. The molecule has 1 heterocycles. The van der Waals surface area contributed by atoms with E-state index in [1.54, 1.807) is 13.2 Å². The molecule has 182 valence electrons. The maximum Gasteiger partial charge on any atom is 0.267 e. The number of ether oxygens (including phenoxy) is 1. The zero-order valence-electron chi connectivity index (χ0n) is 19.4. The number of carbonyl (C=O) groups is 1. The van der Waals surface area contributed by atoms with Crippen LogP contribution in [0.3, 0.4) is 0 Å². The van der Waals surface area contributed by atoms with Crippen molar-refractivity contribution in [3.05, 3.63) is 89.0 Å². The first kappa shape index (κ1) is 24.5. The van der Waals surface area contributed by atoms with Gasteiger partial charge in [0.25, 0.3) is 10.0 Å². The highest BCUT2D eigenvalue weighted by atomic mass is 32.2. The molecule has 6 nitrogen and oxygen atoms in total. The van der Waals surface area contributed by atoms with Crippen molar-refractivity contribution >= 4 is 27.2 Å². The van der Waals surface area contributed by atoms with Gasteiger partial charge in [-0.15, -0.1) is 0 Å². The third kappa shape index (κ3) is 5.24. The van der Waals surface area contributed by atoms with E-state index in [1.807, 2.05) is 32.0 Å². The van der Waals surface area contributed by atoms with Crippen LogP contribution in [0.2, 0.25) is 0 Å². The summed E-state index contributed by atoms with van der Waals surface area (Å²) in [6.07, 6.45) is 0.704. The van der Waals surface area contributed by atoms with Crippen LogP contribution in [0.4, 0.5) is 14.5 Å². The number of aliphatic imine (C=N–C) groups is 1. The second-order valence-electron chi connectivity index (χ2n) is 8.91. The molecule has 1 aliphatic heterocycles. The average Bonchev–Trinajstić information content (AvgIpc) is 2.77. The van der Waals surface area contributed by atoms with E-state index >= 15 is 0 Å². The van der Waals surface area contributed by atoms with E-state index in [1.165, 1.54) is 18.2 Å². The average molecular weight is 499 g/mol. The molecule has 0 spiro atoms. The molecule has 0 aromatic heterocycles. The summed E-state index contributed by atoms with van der Waals surface area (Å²) in [6, 6.07) is 14.2. The Hall–Kier alpha value is -3.59. The van der Waals surface area contributed by atoms with Gasteiger partial charge in [-0.1, -0.05) is 24.3 Å². The van der Waals surface area contributed by atoms with Crippen LogP contribution < -0.4 is 9.46 Å². The molecule has 0 amide bonds. The smallest absolute Gasteiger partial charge is 0.267 e. The first-order valence-electron chi connectivity index (χ1n) is 10.9. The van der Waals surface area contributed by atoms with Gasteiger partial charge in [-0.05, 0) is 62.2 Å². The first-order valence-corrected chi connectivity index (χ1v) is 12.3. The van der Waals surface area contributed by atoms with Crippen LogP contribution in [0, 0.1) is 11.6 Å². The van der Waals surface area contributed by atoms with Crippen LogP contribution >= 0.6 is 0 Å². The van der Waals surface area contributed by atoms with Crippen molar-refractivity contribution in [3.8, 4) is 5.75 Å². The number of sulfonamides is 1. The van der Waals surface area contributed by atoms with Gasteiger partial charge < -0.3 is 4.74 Å². The molecule has 4 rings (SSSR count). The topological polar surface area (TPSA) is 84.8 Å². The number of Topliss-reactive ketones (excluding diaryl/α,β-unsaturated/α-hetero) is 1. The molecule has 3 aromatic rings. The van der Waals surface area contributed by atoms with Crippen molar-refractivity contribution in [3.63, 3.8) is 0 Å². The van der Waals surface area contributed by atoms with Gasteiger partial charge in [0.15, 0.2) is 10.7 Å². The number of anilines is 1. The second-order valence-corrected chi connectivity index (χ2v) is 10.5. The summed E-state index contributed by atoms with van der Waals surface area (Å²) in [6.45, 7) is 3.98. The molecule has 3 aromatic carbocycles. The fourth-order valence-electron chi connectivity index (χ4n) is 4.13. The number of halogens is 2. The zero-order chi connectivity index (χ0) is 25.4. The summed E-state index contributed by atoms with van der Waals surface area (Å²) in [5.41, 5.74) is 2.35. The number of carbonyl (C=O) groups excluding carboxylic acids is 1. The van der Waals surface area contributed by atoms with Crippen molar-refractivity contribution in [1.29, 1.82) is 0 Å². The van der Waals surface area contributed by atoms with Gasteiger partial charge in [-0.25, -0.2) is 17.2 Å². The van der Waals surface area contributed by atoms with Gasteiger partial charge in [-0.3, -0.25) is 14.5 Å². The molecule has 0 unspecified atom stereocenters. The minimum atomic E-state index is -4.56. The minimum Gasteiger partial charge on any atom is -0.497 e. The number of nitrogens with one attached hydrogen (secondary N) is 1. The number of rotatable bonds is 7. The van der Waals surface area contributed by atoms with E-state index in [9.17, 15) is 22.0 Å². The van der Waals surface area contributed by atoms with Gasteiger partial charge in [0.2, 0.25) is 0 Å². The Morgan fingerprint density at radius 2 is 1.74 bits per heavy atom. The van der Waals surface area contributed by atoms with E-state index in [0.29, 0.717) is 17.9 Å². The lowest BCUT2D eigenvalue weighted by Crippen LogP contribution is -2.30. The molecule has 0 atom stereocenters. The van der Waals surface area contributed by atoms with E-state index in [-0.39, 0.29) is 23.5 Å². The second kappa shape index (κ2) is 9.22. The van der Waals surface area contributed by atoms with Crippen molar-refractivity contribution in [2.75, 3.05) is 11.8 Å². The van der Waals surface area contributed by atoms with Gasteiger partial charge in [0, 0.05) is 16.8 Å². The minimum absolute atomic E-state index is 0.00600. The molecule has 1 aliphatic rings. The zero-order valence-corrected chi connectivity index (χ0v) is 20.2. The van der Waals surface area contributed by atoms with E-state index in [0.717, 1.165) is 29.3 Å². The number of ketones is 1. The molecule has 1 N–H and O–H groups in total. The number of nitrogens with zero attached hydrogens (tertiary/aromatic N) is 1. The molecule has 9 heteroatoms. The van der Waals surface area contributed by atoms with Gasteiger partial charge >= 0.3 is 0 Å². The van der Waals surface area contributed by atoms with E-state index < -0.39 is 32.1 Å². The Balaban J connectivity index is 1.61. The molecule has 0 fully saturated rings. The number of methoxy groups -OCH3 is 1. The third-order valence-electron chi connectivity index (χ3n) is 5.64. The number of hydrogen-bond donors (Lipinski definition) is 1. The van der Waals surface area contributed by atoms with Gasteiger partial charge in [-0.2, -0.15) is 0 Å². The third-order valence-corrected chi connectivity index (χ3v) is 7.07. The largest absolute Gasteiger partial charge is 0.497 e. The SMILES string of the molecule is COc1ccc2c(c1)C(CC(=O)c1cccc(NS(=O)(=O)c3c(F)cccc3F)c1)=NC(C)(C)C2. The van der Waals surface area contributed by atoms with Crippen molar-refractivity contribution in [2.45, 2.75) is 37.1 Å².